The van der Waals surface area contributed by atoms with E-state index in [1.165, 1.54) is 9.91 Å². The Labute approximate surface area is 188 Å². The normalized spacial score (nSPS) is 15.6. The van der Waals surface area contributed by atoms with Crippen molar-refractivity contribution in [3.63, 3.8) is 0 Å². The summed E-state index contributed by atoms with van der Waals surface area (Å²) in [5.41, 5.74) is 1.66. The van der Waals surface area contributed by atoms with Gasteiger partial charge in [-0.05, 0) is 55.8 Å². The molecule has 0 saturated heterocycles. The predicted octanol–water partition coefficient (Wildman–Crippen LogP) is 3.03. The number of amides is 3. The topological polar surface area (TPSA) is 96.6 Å². The van der Waals surface area contributed by atoms with Crippen molar-refractivity contribution in [1.82, 2.24) is 15.2 Å². The standard InChI is InChI=1S/C23H30N4O5/c1-16(2)24-23(29)26(11-13-30-3)15-22(28)27-20(21-6-5-12-32-21)14-19(25-27)17-7-9-18(31-4)10-8-17/h5-10,12,16,20H,11,13-15H2,1-4H3,(H,24,29)/t20-/m1/s1. The Morgan fingerprint density at radius 3 is 2.59 bits per heavy atom. The molecule has 0 saturated carbocycles. The molecule has 1 N–H and O–H groups in total. The van der Waals surface area contributed by atoms with Crippen LogP contribution in [0, 0.1) is 0 Å². The largest absolute Gasteiger partial charge is 0.497 e. The van der Waals surface area contributed by atoms with Gasteiger partial charge in [-0.1, -0.05) is 0 Å². The lowest BCUT2D eigenvalue weighted by Gasteiger charge is -2.26. The second kappa shape index (κ2) is 10.8. The number of nitrogens with one attached hydrogen (secondary N) is 1. The van der Waals surface area contributed by atoms with E-state index in [0.717, 1.165) is 17.0 Å². The minimum atomic E-state index is -0.382. The van der Waals surface area contributed by atoms with Crippen molar-refractivity contribution in [2.45, 2.75) is 32.4 Å². The first kappa shape index (κ1) is 23.3. The first-order valence-corrected chi connectivity index (χ1v) is 10.5. The number of benzene rings is 1. The summed E-state index contributed by atoms with van der Waals surface area (Å²) in [7, 11) is 3.17. The molecule has 3 rings (SSSR count). The highest BCUT2D eigenvalue weighted by molar-refractivity contribution is 6.03. The van der Waals surface area contributed by atoms with Crippen LogP contribution in [0.4, 0.5) is 4.79 Å². The Bertz CT molecular complexity index is 924. The summed E-state index contributed by atoms with van der Waals surface area (Å²) in [5.74, 6) is 1.08. The molecule has 0 bridgehead atoms. The Morgan fingerprint density at radius 1 is 1.25 bits per heavy atom. The van der Waals surface area contributed by atoms with Crippen LogP contribution < -0.4 is 10.1 Å². The predicted molar refractivity (Wildman–Crippen MR) is 120 cm³/mol. The molecule has 1 atom stereocenters. The lowest BCUT2D eigenvalue weighted by atomic mass is 10.0. The molecule has 172 valence electrons. The van der Waals surface area contributed by atoms with Gasteiger partial charge in [0.15, 0.2) is 0 Å². The summed E-state index contributed by atoms with van der Waals surface area (Å²) < 4.78 is 15.9. The number of furan rings is 1. The van der Waals surface area contributed by atoms with E-state index in [-0.39, 0.29) is 37.1 Å². The fraction of sp³-hybridized carbons (Fsp3) is 0.435. The van der Waals surface area contributed by atoms with Crippen molar-refractivity contribution in [2.75, 3.05) is 33.9 Å². The van der Waals surface area contributed by atoms with Gasteiger partial charge in [-0.15, -0.1) is 0 Å². The third kappa shape index (κ3) is 5.67. The Balaban J connectivity index is 1.83. The van der Waals surface area contributed by atoms with Crippen molar-refractivity contribution in [1.29, 1.82) is 0 Å². The number of hydrogen-bond donors (Lipinski definition) is 1. The number of urea groups is 1. The van der Waals surface area contributed by atoms with Crippen LogP contribution in [0.3, 0.4) is 0 Å². The van der Waals surface area contributed by atoms with E-state index in [1.54, 1.807) is 26.5 Å². The summed E-state index contributed by atoms with van der Waals surface area (Å²) in [6.07, 6.45) is 2.08. The van der Waals surface area contributed by atoms with E-state index >= 15 is 0 Å². The zero-order chi connectivity index (χ0) is 23.1. The number of rotatable bonds is 9. The second-order valence-corrected chi connectivity index (χ2v) is 7.77. The number of hydrazone groups is 1. The molecule has 9 nitrogen and oxygen atoms in total. The molecule has 0 radical (unpaired) electrons. The van der Waals surface area contributed by atoms with Gasteiger partial charge in [0.05, 0.1) is 25.7 Å². The van der Waals surface area contributed by atoms with Crippen molar-refractivity contribution < 1.29 is 23.5 Å². The van der Waals surface area contributed by atoms with Crippen LogP contribution in [0.2, 0.25) is 0 Å². The minimum Gasteiger partial charge on any atom is -0.497 e. The summed E-state index contributed by atoms with van der Waals surface area (Å²) in [6, 6.07) is 10.4. The van der Waals surface area contributed by atoms with E-state index in [1.807, 2.05) is 44.2 Å². The molecular weight excluding hydrogens is 412 g/mol. The molecule has 32 heavy (non-hydrogen) atoms. The maximum atomic E-state index is 13.3. The van der Waals surface area contributed by atoms with E-state index in [4.69, 9.17) is 13.9 Å². The molecule has 0 spiro atoms. The van der Waals surface area contributed by atoms with E-state index in [0.29, 0.717) is 18.8 Å². The van der Waals surface area contributed by atoms with E-state index in [2.05, 4.69) is 10.4 Å². The Morgan fingerprint density at radius 2 is 2.00 bits per heavy atom. The lowest BCUT2D eigenvalue weighted by Crippen LogP contribution is -2.48. The molecule has 2 aromatic rings. The average molecular weight is 443 g/mol. The van der Waals surface area contributed by atoms with Crippen LogP contribution in [-0.2, 0) is 9.53 Å². The maximum absolute atomic E-state index is 13.3. The molecule has 2 heterocycles. The third-order valence-electron chi connectivity index (χ3n) is 5.05. The molecule has 9 heteroatoms. The zero-order valence-electron chi connectivity index (χ0n) is 18.9. The molecule has 1 aliphatic heterocycles. The molecule has 0 unspecified atom stereocenters. The van der Waals surface area contributed by atoms with Crippen molar-refractivity contribution >= 4 is 17.6 Å². The molecule has 3 amide bonds. The Hall–Kier alpha value is -3.33. The van der Waals surface area contributed by atoms with E-state index in [9.17, 15) is 9.59 Å². The zero-order valence-corrected chi connectivity index (χ0v) is 18.9. The van der Waals surface area contributed by atoms with Gasteiger partial charge in [-0.3, -0.25) is 4.79 Å². The fourth-order valence-electron chi connectivity index (χ4n) is 3.43. The fourth-order valence-corrected chi connectivity index (χ4v) is 3.43. The smallest absolute Gasteiger partial charge is 0.318 e. The monoisotopic (exact) mass is 442 g/mol. The number of carbonyl (C=O) groups excluding carboxylic acids is 2. The first-order chi connectivity index (χ1) is 15.4. The van der Waals surface area contributed by atoms with E-state index < -0.39 is 0 Å². The molecule has 1 aliphatic rings. The number of hydrogen-bond acceptors (Lipinski definition) is 6. The third-order valence-corrected chi connectivity index (χ3v) is 5.05. The van der Waals surface area contributed by atoms with Crippen LogP contribution in [0.1, 0.15) is 37.6 Å². The van der Waals surface area contributed by atoms with Crippen LogP contribution in [0.5, 0.6) is 5.75 Å². The summed E-state index contributed by atoms with van der Waals surface area (Å²) >= 11 is 0. The van der Waals surface area contributed by atoms with Crippen LogP contribution >= 0.6 is 0 Å². The minimum absolute atomic E-state index is 0.0509. The first-order valence-electron chi connectivity index (χ1n) is 10.5. The van der Waals surface area contributed by atoms with Crippen molar-refractivity contribution in [2.24, 2.45) is 5.10 Å². The number of carbonyl (C=O) groups is 2. The molecule has 0 aliphatic carbocycles. The number of methoxy groups -OCH3 is 2. The van der Waals surface area contributed by atoms with Gasteiger partial charge in [-0.25, -0.2) is 9.80 Å². The highest BCUT2D eigenvalue weighted by atomic mass is 16.5. The summed E-state index contributed by atoms with van der Waals surface area (Å²) in [5, 5.41) is 8.86. The Kier molecular flexibility index (Phi) is 7.88. The summed E-state index contributed by atoms with van der Waals surface area (Å²) in [6.45, 7) is 4.22. The van der Waals surface area contributed by atoms with Crippen molar-refractivity contribution in [3.05, 3.63) is 54.0 Å². The second-order valence-electron chi connectivity index (χ2n) is 7.77. The SMILES string of the molecule is COCCN(CC(=O)N1N=C(c2ccc(OC)cc2)C[C@@H]1c1ccco1)C(=O)NC(C)C. The van der Waals surface area contributed by atoms with Gasteiger partial charge in [0.25, 0.3) is 5.91 Å². The highest BCUT2D eigenvalue weighted by Gasteiger charge is 2.36. The average Bonchev–Trinajstić information content (AvgIpc) is 3.46. The van der Waals surface area contributed by atoms with Gasteiger partial charge in [0.2, 0.25) is 0 Å². The molecular formula is C23H30N4O5. The maximum Gasteiger partial charge on any atom is 0.318 e. The van der Waals surface area contributed by atoms with Crippen LogP contribution in [-0.4, -0.2) is 67.5 Å². The lowest BCUT2D eigenvalue weighted by molar-refractivity contribution is -0.134. The van der Waals surface area contributed by atoms with Gasteiger partial charge >= 0.3 is 6.03 Å². The van der Waals surface area contributed by atoms with Crippen LogP contribution in [0.25, 0.3) is 0 Å². The van der Waals surface area contributed by atoms with Gasteiger partial charge in [0.1, 0.15) is 24.1 Å². The number of ether oxygens (including phenoxy) is 2. The van der Waals surface area contributed by atoms with Gasteiger partial charge in [-0.2, -0.15) is 5.10 Å². The molecule has 1 aromatic carbocycles. The highest BCUT2D eigenvalue weighted by Crippen LogP contribution is 2.33. The number of nitrogens with zero attached hydrogens (tertiary/aromatic N) is 3. The van der Waals surface area contributed by atoms with Gasteiger partial charge in [0, 0.05) is 26.1 Å². The molecule has 0 fully saturated rings. The van der Waals surface area contributed by atoms with Crippen molar-refractivity contribution in [3.8, 4) is 5.75 Å². The summed E-state index contributed by atoms with van der Waals surface area (Å²) in [4.78, 5) is 27.3. The van der Waals surface area contributed by atoms with Crippen LogP contribution in [0.15, 0.2) is 52.2 Å². The molecule has 1 aromatic heterocycles. The quantitative estimate of drug-likeness (QED) is 0.644. The van der Waals surface area contributed by atoms with Gasteiger partial charge < -0.3 is 24.1 Å².